The maximum absolute atomic E-state index is 12.4. The highest BCUT2D eigenvalue weighted by atomic mass is 32.2. The fourth-order valence-electron chi connectivity index (χ4n) is 5.51. The van der Waals surface area contributed by atoms with E-state index in [9.17, 15) is 10.1 Å². The molecule has 2 aliphatic rings. The Morgan fingerprint density at radius 3 is 2.57 bits per heavy atom. The van der Waals surface area contributed by atoms with Gasteiger partial charge in [-0.05, 0) is 83.1 Å². The summed E-state index contributed by atoms with van der Waals surface area (Å²) in [4.78, 5) is 21.5. The van der Waals surface area contributed by atoms with Gasteiger partial charge in [-0.1, -0.05) is 12.1 Å². The fraction of sp³-hybridized carbons (Fsp3) is 0.531. The van der Waals surface area contributed by atoms with Crippen molar-refractivity contribution in [2.75, 3.05) is 43.8 Å². The normalized spacial score (nSPS) is 17.5. The molecule has 1 aliphatic carbocycles. The number of carbonyl (C=O) groups is 1. The molecule has 0 unspecified atom stereocenters. The smallest absolute Gasteiger partial charge is 0.410 e. The van der Waals surface area contributed by atoms with E-state index in [1.54, 1.807) is 0 Å². The Kier molecular flexibility index (Phi) is 8.63. The highest BCUT2D eigenvalue weighted by Gasteiger charge is 2.44. The van der Waals surface area contributed by atoms with Crippen molar-refractivity contribution in [1.29, 1.82) is 5.26 Å². The van der Waals surface area contributed by atoms with Crippen molar-refractivity contribution in [3.05, 3.63) is 52.8 Å². The lowest BCUT2D eigenvalue weighted by Gasteiger charge is -2.37. The fourth-order valence-corrected chi connectivity index (χ4v) is 6.67. The van der Waals surface area contributed by atoms with Gasteiger partial charge in [0.25, 0.3) is 0 Å². The molecule has 1 saturated carbocycles. The van der Waals surface area contributed by atoms with Gasteiger partial charge in [-0.25, -0.2) is 9.78 Å². The van der Waals surface area contributed by atoms with Gasteiger partial charge in [-0.15, -0.1) is 16.9 Å². The molecule has 42 heavy (non-hydrogen) atoms. The molecular formula is C32H41N7O2S. The summed E-state index contributed by atoms with van der Waals surface area (Å²) in [5.74, 6) is 1.73. The van der Waals surface area contributed by atoms with Crippen molar-refractivity contribution in [2.45, 2.75) is 71.1 Å². The van der Waals surface area contributed by atoms with Gasteiger partial charge in [0, 0.05) is 55.4 Å². The predicted molar refractivity (Wildman–Crippen MR) is 167 cm³/mol. The van der Waals surface area contributed by atoms with Crippen LogP contribution in [0.25, 0.3) is 10.8 Å². The zero-order valence-electron chi connectivity index (χ0n) is 25.5. The van der Waals surface area contributed by atoms with Crippen LogP contribution in [0.15, 0.2) is 35.5 Å². The van der Waals surface area contributed by atoms with Crippen molar-refractivity contribution < 1.29 is 9.53 Å². The molecule has 1 N–H and O–H groups in total. The number of ether oxygens (including phenoxy) is 1. The monoisotopic (exact) mass is 587 g/mol. The number of benzene rings is 1. The van der Waals surface area contributed by atoms with E-state index >= 15 is 0 Å². The number of rotatable bonds is 8. The summed E-state index contributed by atoms with van der Waals surface area (Å²) in [5, 5.41) is 24.9. The van der Waals surface area contributed by atoms with E-state index in [1.807, 2.05) is 75.7 Å². The molecule has 3 heterocycles. The summed E-state index contributed by atoms with van der Waals surface area (Å²) in [6, 6.07) is 10.2. The Balaban J connectivity index is 1.23. The Morgan fingerprint density at radius 2 is 1.90 bits per heavy atom. The van der Waals surface area contributed by atoms with E-state index in [0.717, 1.165) is 63.8 Å². The Bertz CT molecular complexity index is 1500. The Labute approximate surface area is 253 Å². The van der Waals surface area contributed by atoms with Crippen LogP contribution in [-0.4, -0.2) is 75.2 Å². The second kappa shape index (κ2) is 12.1. The van der Waals surface area contributed by atoms with Gasteiger partial charge in [0.05, 0.1) is 28.4 Å². The maximum atomic E-state index is 12.4. The van der Waals surface area contributed by atoms with Crippen LogP contribution in [0.1, 0.15) is 69.0 Å². The van der Waals surface area contributed by atoms with Crippen molar-refractivity contribution in [1.82, 2.24) is 25.0 Å². The van der Waals surface area contributed by atoms with Gasteiger partial charge in [-0.3, -0.25) is 4.90 Å². The number of pyridine rings is 1. The van der Waals surface area contributed by atoms with E-state index in [0.29, 0.717) is 24.1 Å². The highest BCUT2D eigenvalue weighted by Crippen LogP contribution is 2.50. The SMILES string of the molecule is Cc1c(C#N)cccc1[C@@H](C)Nc1nnc(C)c2cnc(SCC3(CN4CCN(C(=O)OC(C)(C)C)CC4)CC3)cc12. The number of amides is 1. The molecule has 3 aromatic rings. The molecule has 9 nitrogen and oxygen atoms in total. The number of anilines is 1. The zero-order chi connectivity index (χ0) is 30.1. The number of nitrogens with zero attached hydrogens (tertiary/aromatic N) is 6. The quantitative estimate of drug-likeness (QED) is 0.312. The summed E-state index contributed by atoms with van der Waals surface area (Å²) < 4.78 is 5.55. The van der Waals surface area contributed by atoms with Crippen LogP contribution in [0.2, 0.25) is 0 Å². The van der Waals surface area contributed by atoms with Gasteiger partial charge in [0.2, 0.25) is 0 Å². The molecule has 2 fully saturated rings. The summed E-state index contributed by atoms with van der Waals surface area (Å²) >= 11 is 1.81. The number of thioether (sulfide) groups is 1. The van der Waals surface area contributed by atoms with Crippen molar-refractivity contribution in [2.24, 2.45) is 5.41 Å². The molecule has 0 spiro atoms. The minimum atomic E-state index is -0.469. The number of hydrogen-bond donors (Lipinski definition) is 1. The summed E-state index contributed by atoms with van der Waals surface area (Å²) in [6.45, 7) is 16.0. The standard InChI is InChI=1S/C32H41N7O2S/c1-21-24(17-33)8-7-9-25(21)22(2)35-29-26-16-28(34-18-27(26)23(3)36-37-29)42-20-32(10-11-32)19-38-12-14-39(15-13-38)30(40)41-31(4,5)6/h7-9,16,18,22H,10-15,19-20H2,1-6H3,(H,35,37)/t22-/m1/s1. The molecule has 1 aromatic carbocycles. The summed E-state index contributed by atoms with van der Waals surface area (Å²) in [6.07, 6.45) is 4.13. The van der Waals surface area contributed by atoms with E-state index < -0.39 is 5.60 Å². The van der Waals surface area contributed by atoms with Crippen LogP contribution in [0.5, 0.6) is 0 Å². The number of carbonyl (C=O) groups excluding carboxylic acids is 1. The van der Waals surface area contributed by atoms with Gasteiger partial charge >= 0.3 is 6.09 Å². The van der Waals surface area contributed by atoms with Gasteiger partial charge < -0.3 is 15.0 Å². The lowest BCUT2D eigenvalue weighted by atomic mass is 9.98. The molecule has 1 saturated heterocycles. The zero-order valence-corrected chi connectivity index (χ0v) is 26.3. The van der Waals surface area contributed by atoms with E-state index in [-0.39, 0.29) is 12.1 Å². The second-order valence-electron chi connectivity index (χ2n) is 12.7. The van der Waals surface area contributed by atoms with Crippen LogP contribution in [0, 0.1) is 30.6 Å². The number of aryl methyl sites for hydroxylation is 1. The average Bonchev–Trinajstić information content (AvgIpc) is 3.72. The number of fused-ring (bicyclic) bond motifs is 1. The topological polar surface area (TPSA) is 107 Å². The lowest BCUT2D eigenvalue weighted by Crippen LogP contribution is -2.51. The Morgan fingerprint density at radius 1 is 1.17 bits per heavy atom. The predicted octanol–water partition coefficient (Wildman–Crippen LogP) is 6.11. The van der Waals surface area contributed by atoms with E-state index in [2.05, 4.69) is 39.5 Å². The van der Waals surface area contributed by atoms with Crippen molar-refractivity contribution in [3.8, 4) is 6.07 Å². The number of aromatic nitrogens is 3. The van der Waals surface area contributed by atoms with Crippen molar-refractivity contribution >= 4 is 34.4 Å². The van der Waals surface area contributed by atoms with Crippen LogP contribution >= 0.6 is 11.8 Å². The van der Waals surface area contributed by atoms with Crippen LogP contribution in [0.3, 0.4) is 0 Å². The first-order valence-electron chi connectivity index (χ1n) is 14.7. The summed E-state index contributed by atoms with van der Waals surface area (Å²) in [7, 11) is 0. The third-order valence-corrected chi connectivity index (χ3v) is 9.48. The minimum Gasteiger partial charge on any atom is -0.444 e. The first-order valence-corrected chi connectivity index (χ1v) is 15.7. The number of hydrogen-bond acceptors (Lipinski definition) is 9. The highest BCUT2D eigenvalue weighted by molar-refractivity contribution is 7.99. The van der Waals surface area contributed by atoms with E-state index in [4.69, 9.17) is 9.72 Å². The second-order valence-corrected chi connectivity index (χ2v) is 13.7. The third kappa shape index (κ3) is 6.96. The van der Waals surface area contributed by atoms with Crippen LogP contribution in [0.4, 0.5) is 10.6 Å². The van der Waals surface area contributed by atoms with Crippen molar-refractivity contribution in [3.63, 3.8) is 0 Å². The molecule has 222 valence electrons. The molecular weight excluding hydrogens is 546 g/mol. The number of nitrogens with one attached hydrogen (secondary N) is 1. The first kappa shape index (κ1) is 30.1. The Hall–Kier alpha value is -3.42. The number of piperazine rings is 1. The first-order chi connectivity index (χ1) is 20.0. The largest absolute Gasteiger partial charge is 0.444 e. The maximum Gasteiger partial charge on any atom is 0.410 e. The molecule has 0 radical (unpaired) electrons. The molecule has 10 heteroatoms. The minimum absolute atomic E-state index is 0.0479. The average molecular weight is 588 g/mol. The lowest BCUT2D eigenvalue weighted by molar-refractivity contribution is 0.0132. The van der Waals surface area contributed by atoms with Gasteiger partial charge in [0.15, 0.2) is 5.82 Å². The molecule has 1 aliphatic heterocycles. The molecule has 5 rings (SSSR count). The molecule has 1 amide bonds. The number of nitriles is 1. The van der Waals surface area contributed by atoms with Gasteiger partial charge in [-0.2, -0.15) is 10.4 Å². The van der Waals surface area contributed by atoms with Crippen LogP contribution in [-0.2, 0) is 4.74 Å². The van der Waals surface area contributed by atoms with Crippen LogP contribution < -0.4 is 5.32 Å². The molecule has 2 aromatic heterocycles. The van der Waals surface area contributed by atoms with Gasteiger partial charge in [0.1, 0.15) is 5.60 Å². The third-order valence-electron chi connectivity index (χ3n) is 8.21. The van der Waals surface area contributed by atoms with E-state index in [1.165, 1.54) is 12.8 Å². The molecule has 1 atom stereocenters. The molecule has 0 bridgehead atoms. The summed E-state index contributed by atoms with van der Waals surface area (Å²) in [5.41, 5.74) is 3.39.